The minimum atomic E-state index is 0.123. The van der Waals surface area contributed by atoms with Gasteiger partial charge < -0.3 is 5.73 Å². The number of rotatable bonds is 2. The van der Waals surface area contributed by atoms with Crippen molar-refractivity contribution in [1.82, 2.24) is 9.97 Å². The molecule has 2 aromatic heterocycles. The fraction of sp³-hybridized carbons (Fsp3) is 0.429. The van der Waals surface area contributed by atoms with Gasteiger partial charge in [-0.3, -0.25) is 0 Å². The van der Waals surface area contributed by atoms with Gasteiger partial charge in [0, 0.05) is 34.8 Å². The summed E-state index contributed by atoms with van der Waals surface area (Å²) in [5, 5.41) is 2.09. The molecule has 1 aliphatic carbocycles. The van der Waals surface area contributed by atoms with Gasteiger partial charge in [-0.1, -0.05) is 12.5 Å². The van der Waals surface area contributed by atoms with Crippen molar-refractivity contribution in [3.63, 3.8) is 0 Å². The highest BCUT2D eigenvalue weighted by Gasteiger charge is 2.17. The molecule has 1 aliphatic rings. The first-order valence-corrected chi connectivity index (χ1v) is 7.33. The Balaban J connectivity index is 1.88. The van der Waals surface area contributed by atoms with E-state index in [1.807, 2.05) is 6.20 Å². The molecule has 1 unspecified atom stereocenters. The van der Waals surface area contributed by atoms with Crippen molar-refractivity contribution in [2.75, 3.05) is 0 Å². The molecular formula is C14H17N3S. The lowest BCUT2D eigenvalue weighted by molar-refractivity contribution is 0.614. The molecule has 0 amide bonds. The van der Waals surface area contributed by atoms with Crippen molar-refractivity contribution in [3.05, 3.63) is 45.7 Å². The number of fused-ring (bicyclic) bond motifs is 1. The summed E-state index contributed by atoms with van der Waals surface area (Å²) in [6.45, 7) is 0. The minimum absolute atomic E-state index is 0.123. The van der Waals surface area contributed by atoms with Gasteiger partial charge in [-0.25, -0.2) is 9.97 Å². The second-order valence-corrected chi connectivity index (χ2v) is 5.83. The molecule has 3 rings (SSSR count). The molecule has 0 aromatic carbocycles. The summed E-state index contributed by atoms with van der Waals surface area (Å²) < 4.78 is 0. The normalized spacial score (nSPS) is 19.3. The Hall–Kier alpha value is -1.26. The number of nitrogens with two attached hydrogens (primary N) is 1. The second-order valence-electron chi connectivity index (χ2n) is 4.80. The van der Waals surface area contributed by atoms with Gasteiger partial charge >= 0.3 is 0 Å². The smallest absolute Gasteiger partial charge is 0.133 e. The lowest BCUT2D eigenvalue weighted by Crippen LogP contribution is -2.13. The molecule has 2 aromatic rings. The highest BCUT2D eigenvalue weighted by molar-refractivity contribution is 7.09. The van der Waals surface area contributed by atoms with Gasteiger partial charge in [0.05, 0.1) is 0 Å². The number of thiophene rings is 1. The van der Waals surface area contributed by atoms with Gasteiger partial charge in [-0.05, 0) is 30.7 Å². The van der Waals surface area contributed by atoms with Crippen LogP contribution in [0, 0.1) is 0 Å². The molecule has 0 bridgehead atoms. The molecule has 18 heavy (non-hydrogen) atoms. The third kappa shape index (κ3) is 2.44. The van der Waals surface area contributed by atoms with E-state index in [0.717, 1.165) is 30.7 Å². The Morgan fingerprint density at radius 1 is 1.39 bits per heavy atom. The van der Waals surface area contributed by atoms with Crippen LogP contribution in [0.5, 0.6) is 0 Å². The second kappa shape index (κ2) is 5.16. The summed E-state index contributed by atoms with van der Waals surface area (Å²) in [6.07, 6.45) is 7.26. The summed E-state index contributed by atoms with van der Waals surface area (Å²) >= 11 is 1.76. The average molecular weight is 259 g/mol. The summed E-state index contributed by atoms with van der Waals surface area (Å²) in [6, 6.07) is 4.32. The maximum atomic E-state index is 6.15. The minimum Gasteiger partial charge on any atom is -0.324 e. The number of hydrogen-bond acceptors (Lipinski definition) is 4. The van der Waals surface area contributed by atoms with Crippen molar-refractivity contribution in [2.24, 2.45) is 5.73 Å². The third-order valence-electron chi connectivity index (χ3n) is 3.44. The van der Waals surface area contributed by atoms with Crippen LogP contribution in [0.3, 0.4) is 0 Å². The maximum absolute atomic E-state index is 6.15. The third-order valence-corrected chi connectivity index (χ3v) is 4.32. The Morgan fingerprint density at radius 2 is 2.33 bits per heavy atom. The van der Waals surface area contributed by atoms with E-state index in [0.29, 0.717) is 0 Å². The molecule has 4 heteroatoms. The number of nitrogens with zero attached hydrogens (tertiary/aromatic N) is 2. The van der Waals surface area contributed by atoms with E-state index in [9.17, 15) is 0 Å². The van der Waals surface area contributed by atoms with Gasteiger partial charge in [0.1, 0.15) is 5.82 Å². The summed E-state index contributed by atoms with van der Waals surface area (Å²) in [7, 11) is 0. The first-order valence-electron chi connectivity index (χ1n) is 6.45. The Labute approximate surface area is 111 Å². The molecule has 0 radical (unpaired) electrons. The van der Waals surface area contributed by atoms with E-state index in [4.69, 9.17) is 10.7 Å². The van der Waals surface area contributed by atoms with E-state index in [2.05, 4.69) is 22.5 Å². The van der Waals surface area contributed by atoms with Crippen LogP contribution in [0.4, 0.5) is 0 Å². The zero-order valence-electron chi connectivity index (χ0n) is 10.3. The van der Waals surface area contributed by atoms with E-state index in [-0.39, 0.29) is 6.04 Å². The SMILES string of the molecule is NC1CCCCc2nc(Cc3cccs3)ncc21. The Kier molecular flexibility index (Phi) is 3.39. The van der Waals surface area contributed by atoms with Gasteiger partial charge in [-0.2, -0.15) is 0 Å². The Morgan fingerprint density at radius 3 is 3.17 bits per heavy atom. The van der Waals surface area contributed by atoms with Crippen LogP contribution in [0.1, 0.15) is 47.3 Å². The zero-order chi connectivity index (χ0) is 12.4. The van der Waals surface area contributed by atoms with Crippen LogP contribution in [-0.4, -0.2) is 9.97 Å². The molecule has 2 N–H and O–H groups in total. The van der Waals surface area contributed by atoms with Crippen molar-refractivity contribution in [2.45, 2.75) is 38.1 Å². The van der Waals surface area contributed by atoms with Crippen LogP contribution in [0.25, 0.3) is 0 Å². The van der Waals surface area contributed by atoms with Gasteiger partial charge in [0.2, 0.25) is 0 Å². The predicted octanol–water partition coefficient (Wildman–Crippen LogP) is 2.86. The summed E-state index contributed by atoms with van der Waals surface area (Å²) in [5.41, 5.74) is 8.48. The van der Waals surface area contributed by atoms with Crippen molar-refractivity contribution >= 4 is 11.3 Å². The van der Waals surface area contributed by atoms with Crippen molar-refractivity contribution < 1.29 is 0 Å². The summed E-state index contributed by atoms with van der Waals surface area (Å²) in [4.78, 5) is 10.5. The van der Waals surface area contributed by atoms with Crippen LogP contribution in [0.2, 0.25) is 0 Å². The molecule has 3 nitrogen and oxygen atoms in total. The Bertz CT molecular complexity index is 522. The fourth-order valence-corrected chi connectivity index (χ4v) is 3.15. The predicted molar refractivity (Wildman–Crippen MR) is 73.6 cm³/mol. The highest BCUT2D eigenvalue weighted by atomic mass is 32.1. The summed E-state index contributed by atoms with van der Waals surface area (Å²) in [5.74, 6) is 0.922. The first kappa shape index (κ1) is 11.8. The molecular weight excluding hydrogens is 242 g/mol. The monoisotopic (exact) mass is 259 g/mol. The van der Waals surface area contributed by atoms with Gasteiger partial charge in [-0.15, -0.1) is 11.3 Å². The van der Waals surface area contributed by atoms with E-state index in [1.54, 1.807) is 11.3 Å². The van der Waals surface area contributed by atoms with E-state index in [1.165, 1.54) is 23.4 Å². The molecule has 1 atom stereocenters. The molecule has 2 heterocycles. The average Bonchev–Trinajstić information content (AvgIpc) is 2.80. The number of aryl methyl sites for hydroxylation is 1. The van der Waals surface area contributed by atoms with Gasteiger partial charge in [0.15, 0.2) is 0 Å². The molecule has 0 aliphatic heterocycles. The lowest BCUT2D eigenvalue weighted by atomic mass is 10.1. The van der Waals surface area contributed by atoms with Gasteiger partial charge in [0.25, 0.3) is 0 Å². The van der Waals surface area contributed by atoms with Crippen molar-refractivity contribution in [3.8, 4) is 0 Å². The largest absolute Gasteiger partial charge is 0.324 e. The van der Waals surface area contributed by atoms with Crippen LogP contribution in [-0.2, 0) is 12.8 Å². The highest BCUT2D eigenvalue weighted by Crippen LogP contribution is 2.25. The van der Waals surface area contributed by atoms with Crippen LogP contribution in [0.15, 0.2) is 23.7 Å². The molecule has 0 spiro atoms. The van der Waals surface area contributed by atoms with Crippen LogP contribution < -0.4 is 5.73 Å². The molecule has 94 valence electrons. The number of aromatic nitrogens is 2. The molecule has 0 fully saturated rings. The number of hydrogen-bond donors (Lipinski definition) is 1. The standard InChI is InChI=1S/C14H17N3S/c15-12-5-1-2-6-13-11(12)9-16-14(17-13)8-10-4-3-7-18-10/h3-4,7,9,12H,1-2,5-6,8,15H2. The topological polar surface area (TPSA) is 51.8 Å². The quantitative estimate of drug-likeness (QED) is 0.844. The molecule has 0 saturated carbocycles. The maximum Gasteiger partial charge on any atom is 0.133 e. The lowest BCUT2D eigenvalue weighted by Gasteiger charge is -2.11. The first-order chi connectivity index (χ1) is 8.83. The molecule has 0 saturated heterocycles. The van der Waals surface area contributed by atoms with E-state index < -0.39 is 0 Å². The van der Waals surface area contributed by atoms with Crippen LogP contribution >= 0.6 is 11.3 Å². The fourth-order valence-electron chi connectivity index (χ4n) is 2.44. The van der Waals surface area contributed by atoms with Crippen molar-refractivity contribution in [1.29, 1.82) is 0 Å². The van der Waals surface area contributed by atoms with E-state index >= 15 is 0 Å². The zero-order valence-corrected chi connectivity index (χ0v) is 11.1.